The minimum Gasteiger partial charge on any atom is -0.314 e. The van der Waals surface area contributed by atoms with Crippen LogP contribution in [0, 0.1) is 5.82 Å². The third-order valence-electron chi connectivity index (χ3n) is 4.90. The molecule has 0 unspecified atom stereocenters. The number of halogens is 1. The van der Waals surface area contributed by atoms with Crippen molar-refractivity contribution >= 4 is 0 Å². The Balaban J connectivity index is 1.94. The molecule has 110 valence electrons. The van der Waals surface area contributed by atoms with Crippen molar-refractivity contribution in [2.24, 2.45) is 0 Å². The first kappa shape index (κ1) is 14.0. The molecular formula is C16H24FN3. The molecule has 3 nitrogen and oxygen atoms in total. The van der Waals surface area contributed by atoms with Crippen molar-refractivity contribution in [2.75, 3.05) is 46.3 Å². The van der Waals surface area contributed by atoms with E-state index in [0.29, 0.717) is 0 Å². The van der Waals surface area contributed by atoms with Crippen LogP contribution in [0.2, 0.25) is 0 Å². The summed E-state index contributed by atoms with van der Waals surface area (Å²) in [6.07, 6.45) is 2.18. The number of nitrogens with one attached hydrogen (secondary N) is 1. The lowest BCUT2D eigenvalue weighted by Crippen LogP contribution is -2.58. The van der Waals surface area contributed by atoms with E-state index in [4.69, 9.17) is 0 Å². The zero-order chi connectivity index (χ0) is 14.0. The predicted molar refractivity (Wildman–Crippen MR) is 79.3 cm³/mol. The molecule has 0 radical (unpaired) electrons. The summed E-state index contributed by atoms with van der Waals surface area (Å²) in [6, 6.07) is 7.25. The van der Waals surface area contributed by atoms with E-state index in [2.05, 4.69) is 28.2 Å². The molecule has 4 heteroatoms. The lowest BCUT2D eigenvalue weighted by molar-refractivity contribution is 0.0153. The number of likely N-dealkylation sites (tertiary alicyclic amines) is 1. The smallest absolute Gasteiger partial charge is 0.123 e. The van der Waals surface area contributed by atoms with Gasteiger partial charge in [-0.3, -0.25) is 4.90 Å². The highest BCUT2D eigenvalue weighted by molar-refractivity contribution is 5.27. The van der Waals surface area contributed by atoms with Gasteiger partial charge in [-0.25, -0.2) is 4.39 Å². The van der Waals surface area contributed by atoms with Gasteiger partial charge in [0.05, 0.1) is 0 Å². The lowest BCUT2D eigenvalue weighted by atomic mass is 9.79. The van der Waals surface area contributed by atoms with Crippen LogP contribution in [0.3, 0.4) is 0 Å². The van der Waals surface area contributed by atoms with Crippen LogP contribution in [-0.2, 0) is 5.54 Å². The van der Waals surface area contributed by atoms with E-state index in [1.54, 1.807) is 12.1 Å². The molecule has 2 aliphatic rings. The third kappa shape index (κ3) is 2.60. The van der Waals surface area contributed by atoms with Crippen LogP contribution in [0.15, 0.2) is 24.3 Å². The first-order valence-corrected chi connectivity index (χ1v) is 7.61. The summed E-state index contributed by atoms with van der Waals surface area (Å²) in [5.41, 5.74) is 1.18. The fourth-order valence-electron chi connectivity index (χ4n) is 3.65. The Bertz CT molecular complexity index is 449. The normalized spacial score (nSPS) is 24.7. The molecule has 0 aromatic heterocycles. The molecule has 1 N–H and O–H groups in total. The van der Waals surface area contributed by atoms with Crippen molar-refractivity contribution in [3.8, 4) is 0 Å². The van der Waals surface area contributed by atoms with Gasteiger partial charge in [-0.1, -0.05) is 12.1 Å². The van der Waals surface area contributed by atoms with Gasteiger partial charge in [0.2, 0.25) is 0 Å². The molecule has 2 saturated heterocycles. The summed E-state index contributed by atoms with van der Waals surface area (Å²) < 4.78 is 13.7. The highest BCUT2D eigenvalue weighted by Gasteiger charge is 2.41. The van der Waals surface area contributed by atoms with E-state index >= 15 is 0 Å². The molecule has 0 atom stereocenters. The van der Waals surface area contributed by atoms with E-state index in [1.165, 1.54) is 0 Å². The Morgan fingerprint density at radius 2 is 1.80 bits per heavy atom. The van der Waals surface area contributed by atoms with Gasteiger partial charge >= 0.3 is 0 Å². The summed E-state index contributed by atoms with van der Waals surface area (Å²) in [6.45, 7) is 6.35. The van der Waals surface area contributed by atoms with Crippen molar-refractivity contribution < 1.29 is 4.39 Å². The van der Waals surface area contributed by atoms with Gasteiger partial charge in [-0.2, -0.15) is 0 Å². The molecule has 3 rings (SSSR count). The van der Waals surface area contributed by atoms with Gasteiger partial charge in [-0.05, 0) is 50.7 Å². The number of rotatable bonds is 2. The Labute approximate surface area is 120 Å². The van der Waals surface area contributed by atoms with Crippen molar-refractivity contribution in [2.45, 2.75) is 18.4 Å². The second-order valence-electron chi connectivity index (χ2n) is 6.08. The van der Waals surface area contributed by atoms with E-state index < -0.39 is 0 Å². The second kappa shape index (κ2) is 5.80. The molecule has 2 fully saturated rings. The molecule has 2 heterocycles. The number of benzene rings is 1. The van der Waals surface area contributed by atoms with E-state index in [0.717, 1.165) is 57.7 Å². The monoisotopic (exact) mass is 277 g/mol. The Morgan fingerprint density at radius 3 is 2.45 bits per heavy atom. The third-order valence-corrected chi connectivity index (χ3v) is 4.90. The molecule has 1 aromatic rings. The summed E-state index contributed by atoms with van der Waals surface area (Å²) in [5.74, 6) is -0.115. The van der Waals surface area contributed by atoms with E-state index in [1.807, 2.05) is 6.07 Å². The molecule has 0 amide bonds. The van der Waals surface area contributed by atoms with Gasteiger partial charge in [0.25, 0.3) is 0 Å². The van der Waals surface area contributed by atoms with E-state index in [-0.39, 0.29) is 11.4 Å². The van der Waals surface area contributed by atoms with Crippen LogP contribution in [0.5, 0.6) is 0 Å². The van der Waals surface area contributed by atoms with Gasteiger partial charge in [0.1, 0.15) is 5.82 Å². The Hall–Kier alpha value is -0.970. The quantitative estimate of drug-likeness (QED) is 0.887. The molecule has 0 aliphatic carbocycles. The molecular weight excluding hydrogens is 253 g/mol. The van der Waals surface area contributed by atoms with Crippen molar-refractivity contribution in [3.63, 3.8) is 0 Å². The zero-order valence-electron chi connectivity index (χ0n) is 12.2. The molecule has 0 spiro atoms. The summed E-state index contributed by atoms with van der Waals surface area (Å²) in [7, 11) is 2.17. The number of piperidine rings is 1. The molecule has 1 aromatic carbocycles. The fourth-order valence-corrected chi connectivity index (χ4v) is 3.65. The lowest BCUT2D eigenvalue weighted by Gasteiger charge is -2.50. The first-order valence-electron chi connectivity index (χ1n) is 7.61. The largest absolute Gasteiger partial charge is 0.314 e. The summed E-state index contributed by atoms with van der Waals surface area (Å²) in [5, 5.41) is 3.42. The molecule has 0 bridgehead atoms. The predicted octanol–water partition coefficient (Wildman–Crippen LogP) is 1.65. The zero-order valence-corrected chi connectivity index (χ0v) is 12.2. The average Bonchev–Trinajstić information content (AvgIpc) is 2.49. The maximum Gasteiger partial charge on any atom is 0.123 e. The topological polar surface area (TPSA) is 18.5 Å². The maximum absolute atomic E-state index is 13.7. The Kier molecular flexibility index (Phi) is 4.06. The minimum atomic E-state index is -0.115. The Morgan fingerprint density at radius 1 is 1.10 bits per heavy atom. The second-order valence-corrected chi connectivity index (χ2v) is 6.08. The van der Waals surface area contributed by atoms with Gasteiger partial charge < -0.3 is 10.2 Å². The minimum absolute atomic E-state index is 0.0245. The summed E-state index contributed by atoms with van der Waals surface area (Å²) in [4.78, 5) is 4.95. The number of piperazine rings is 1. The van der Waals surface area contributed by atoms with Crippen LogP contribution in [0.4, 0.5) is 4.39 Å². The summed E-state index contributed by atoms with van der Waals surface area (Å²) >= 11 is 0. The van der Waals surface area contributed by atoms with Crippen LogP contribution >= 0.6 is 0 Å². The fraction of sp³-hybridized carbons (Fsp3) is 0.625. The van der Waals surface area contributed by atoms with Gasteiger partial charge in [-0.15, -0.1) is 0 Å². The molecule has 2 aliphatic heterocycles. The van der Waals surface area contributed by atoms with Crippen LogP contribution < -0.4 is 5.32 Å². The number of hydrogen-bond acceptors (Lipinski definition) is 3. The SMILES string of the molecule is CN1CCC(c2cccc(F)c2)(N2CCNCC2)CC1. The average molecular weight is 277 g/mol. The van der Waals surface area contributed by atoms with Gasteiger partial charge in [0.15, 0.2) is 0 Å². The number of nitrogens with zero attached hydrogens (tertiary/aromatic N) is 2. The van der Waals surface area contributed by atoms with Crippen molar-refractivity contribution in [1.29, 1.82) is 0 Å². The highest BCUT2D eigenvalue weighted by Crippen LogP contribution is 2.39. The first-order chi connectivity index (χ1) is 9.71. The standard InChI is InChI=1S/C16H24FN3/c1-19-9-5-16(6-10-19,20-11-7-18-8-12-20)14-3-2-4-15(17)13-14/h2-4,13,18H,5-12H2,1H3. The van der Waals surface area contributed by atoms with Crippen molar-refractivity contribution in [3.05, 3.63) is 35.6 Å². The number of hydrogen-bond donors (Lipinski definition) is 1. The van der Waals surface area contributed by atoms with Crippen molar-refractivity contribution in [1.82, 2.24) is 15.1 Å². The van der Waals surface area contributed by atoms with Crippen LogP contribution in [0.1, 0.15) is 18.4 Å². The highest BCUT2D eigenvalue weighted by atomic mass is 19.1. The van der Waals surface area contributed by atoms with E-state index in [9.17, 15) is 4.39 Å². The maximum atomic E-state index is 13.7. The van der Waals surface area contributed by atoms with Gasteiger partial charge in [0, 0.05) is 31.7 Å². The van der Waals surface area contributed by atoms with Crippen LogP contribution in [-0.4, -0.2) is 56.1 Å². The molecule has 0 saturated carbocycles. The van der Waals surface area contributed by atoms with Crippen LogP contribution in [0.25, 0.3) is 0 Å². The molecule has 20 heavy (non-hydrogen) atoms.